The average Bonchev–Trinajstić information content (AvgIpc) is 2.90. The van der Waals surface area contributed by atoms with E-state index in [1.54, 1.807) is 6.20 Å². The van der Waals surface area contributed by atoms with Gasteiger partial charge in [0, 0.05) is 42.2 Å². The molecular weight excluding hydrogens is 250 g/mol. The van der Waals surface area contributed by atoms with Gasteiger partial charge < -0.3 is 9.88 Å². The van der Waals surface area contributed by atoms with E-state index in [-0.39, 0.29) is 11.8 Å². The SMILES string of the molecule is CC(C)C(=O)N1CCC[C@H](c2cc3cccnc3[nH]2)C1. The van der Waals surface area contributed by atoms with Gasteiger partial charge in [0.15, 0.2) is 0 Å². The molecule has 1 amide bonds. The molecule has 1 N–H and O–H groups in total. The molecular formula is C16H21N3O. The van der Waals surface area contributed by atoms with Gasteiger partial charge in [0.2, 0.25) is 5.91 Å². The second-order valence-electron chi connectivity index (χ2n) is 5.94. The van der Waals surface area contributed by atoms with Crippen molar-refractivity contribution in [3.05, 3.63) is 30.1 Å². The molecule has 1 atom stereocenters. The van der Waals surface area contributed by atoms with E-state index in [1.165, 1.54) is 5.69 Å². The number of piperidine rings is 1. The topological polar surface area (TPSA) is 49.0 Å². The molecule has 1 fully saturated rings. The van der Waals surface area contributed by atoms with Gasteiger partial charge in [-0.15, -0.1) is 0 Å². The molecule has 0 aliphatic carbocycles. The summed E-state index contributed by atoms with van der Waals surface area (Å²) in [6.07, 6.45) is 4.01. The Balaban J connectivity index is 1.81. The molecule has 2 aromatic heterocycles. The number of hydrogen-bond donors (Lipinski definition) is 1. The lowest BCUT2D eigenvalue weighted by atomic mass is 9.94. The number of fused-ring (bicyclic) bond motifs is 1. The molecule has 0 radical (unpaired) electrons. The maximum absolute atomic E-state index is 12.2. The fourth-order valence-corrected chi connectivity index (χ4v) is 3.00. The van der Waals surface area contributed by atoms with E-state index in [9.17, 15) is 4.79 Å². The van der Waals surface area contributed by atoms with Crippen molar-refractivity contribution in [3.8, 4) is 0 Å². The summed E-state index contributed by atoms with van der Waals surface area (Å²) in [4.78, 5) is 21.9. The summed E-state index contributed by atoms with van der Waals surface area (Å²) in [6.45, 7) is 5.66. The van der Waals surface area contributed by atoms with Gasteiger partial charge in [-0.3, -0.25) is 4.79 Å². The molecule has 3 rings (SSSR count). The lowest BCUT2D eigenvalue weighted by Gasteiger charge is -2.33. The summed E-state index contributed by atoms with van der Waals surface area (Å²) in [5.74, 6) is 0.753. The highest BCUT2D eigenvalue weighted by molar-refractivity contribution is 5.78. The summed E-state index contributed by atoms with van der Waals surface area (Å²) in [5.41, 5.74) is 2.15. The van der Waals surface area contributed by atoms with Crippen molar-refractivity contribution in [1.82, 2.24) is 14.9 Å². The first-order valence-electron chi connectivity index (χ1n) is 7.37. The Morgan fingerprint density at radius 1 is 1.50 bits per heavy atom. The first-order valence-corrected chi connectivity index (χ1v) is 7.37. The Morgan fingerprint density at radius 2 is 2.35 bits per heavy atom. The van der Waals surface area contributed by atoms with Gasteiger partial charge in [-0.1, -0.05) is 13.8 Å². The van der Waals surface area contributed by atoms with Crippen molar-refractivity contribution in [3.63, 3.8) is 0 Å². The van der Waals surface area contributed by atoms with E-state index < -0.39 is 0 Å². The predicted molar refractivity (Wildman–Crippen MR) is 79.5 cm³/mol. The highest BCUT2D eigenvalue weighted by Gasteiger charge is 2.26. The maximum Gasteiger partial charge on any atom is 0.225 e. The second kappa shape index (κ2) is 5.27. The zero-order valence-corrected chi connectivity index (χ0v) is 12.1. The van der Waals surface area contributed by atoms with Gasteiger partial charge in [0.25, 0.3) is 0 Å². The smallest absolute Gasteiger partial charge is 0.225 e. The van der Waals surface area contributed by atoms with Crippen LogP contribution in [0.3, 0.4) is 0 Å². The van der Waals surface area contributed by atoms with Gasteiger partial charge in [-0.25, -0.2) is 4.98 Å². The zero-order chi connectivity index (χ0) is 14.1. The predicted octanol–water partition coefficient (Wildman–Crippen LogP) is 2.92. The summed E-state index contributed by atoms with van der Waals surface area (Å²) in [5, 5.41) is 1.15. The Bertz CT molecular complexity index is 584. The largest absolute Gasteiger partial charge is 0.343 e. The van der Waals surface area contributed by atoms with Crippen LogP contribution in [-0.2, 0) is 4.79 Å². The van der Waals surface area contributed by atoms with E-state index in [4.69, 9.17) is 0 Å². The minimum absolute atomic E-state index is 0.0816. The Hall–Kier alpha value is -1.84. The molecule has 3 heterocycles. The number of rotatable bonds is 2. The van der Waals surface area contributed by atoms with Gasteiger partial charge in [0.05, 0.1) is 0 Å². The van der Waals surface area contributed by atoms with E-state index in [1.807, 2.05) is 24.8 Å². The number of hydrogen-bond acceptors (Lipinski definition) is 2. The number of likely N-dealkylation sites (tertiary alicyclic amines) is 1. The van der Waals surface area contributed by atoms with Crippen LogP contribution in [0.2, 0.25) is 0 Å². The molecule has 106 valence electrons. The van der Waals surface area contributed by atoms with Crippen LogP contribution in [0.25, 0.3) is 11.0 Å². The van der Waals surface area contributed by atoms with Gasteiger partial charge in [0.1, 0.15) is 5.65 Å². The van der Waals surface area contributed by atoms with Gasteiger partial charge >= 0.3 is 0 Å². The summed E-state index contributed by atoms with van der Waals surface area (Å²) < 4.78 is 0. The molecule has 0 aromatic carbocycles. The Morgan fingerprint density at radius 3 is 3.10 bits per heavy atom. The molecule has 4 nitrogen and oxygen atoms in total. The molecule has 4 heteroatoms. The van der Waals surface area contributed by atoms with Crippen LogP contribution in [-0.4, -0.2) is 33.9 Å². The number of amides is 1. The van der Waals surface area contributed by atoms with Crippen LogP contribution in [0.5, 0.6) is 0 Å². The van der Waals surface area contributed by atoms with Crippen LogP contribution in [0.4, 0.5) is 0 Å². The second-order valence-corrected chi connectivity index (χ2v) is 5.94. The summed E-state index contributed by atoms with van der Waals surface area (Å²) in [6, 6.07) is 6.20. The standard InChI is InChI=1S/C16H21N3O/c1-11(2)16(20)19-8-4-6-13(10-19)14-9-12-5-3-7-17-15(12)18-14/h3,5,7,9,11,13H,4,6,8,10H2,1-2H3,(H,17,18)/t13-/m0/s1. The van der Waals surface area contributed by atoms with Crippen molar-refractivity contribution in [2.24, 2.45) is 5.92 Å². The molecule has 0 saturated carbocycles. The molecule has 1 aliphatic heterocycles. The third-order valence-electron chi connectivity index (χ3n) is 4.08. The number of carbonyl (C=O) groups is 1. The minimum atomic E-state index is 0.0816. The molecule has 2 aromatic rings. The minimum Gasteiger partial charge on any atom is -0.343 e. The van der Waals surface area contributed by atoms with Crippen LogP contribution < -0.4 is 0 Å². The number of nitrogens with one attached hydrogen (secondary N) is 1. The first-order chi connectivity index (χ1) is 9.65. The Labute approximate surface area is 119 Å². The normalized spacial score (nSPS) is 19.8. The van der Waals surface area contributed by atoms with Crippen molar-refractivity contribution in [2.45, 2.75) is 32.6 Å². The van der Waals surface area contributed by atoms with Crippen molar-refractivity contribution < 1.29 is 4.79 Å². The fraction of sp³-hybridized carbons (Fsp3) is 0.500. The highest BCUT2D eigenvalue weighted by atomic mass is 16.2. The van der Waals surface area contributed by atoms with Crippen molar-refractivity contribution in [1.29, 1.82) is 0 Å². The molecule has 1 saturated heterocycles. The average molecular weight is 271 g/mol. The number of pyridine rings is 1. The van der Waals surface area contributed by atoms with Crippen LogP contribution >= 0.6 is 0 Å². The number of aromatic nitrogens is 2. The van der Waals surface area contributed by atoms with Crippen LogP contribution in [0.15, 0.2) is 24.4 Å². The zero-order valence-electron chi connectivity index (χ0n) is 12.1. The van der Waals surface area contributed by atoms with Gasteiger partial charge in [-0.2, -0.15) is 0 Å². The summed E-state index contributed by atoms with van der Waals surface area (Å²) in [7, 11) is 0. The maximum atomic E-state index is 12.2. The number of nitrogens with zero attached hydrogens (tertiary/aromatic N) is 2. The van der Waals surface area contributed by atoms with E-state index in [0.29, 0.717) is 5.92 Å². The van der Waals surface area contributed by atoms with Gasteiger partial charge in [-0.05, 0) is 31.0 Å². The fourth-order valence-electron chi connectivity index (χ4n) is 3.00. The monoisotopic (exact) mass is 271 g/mol. The number of carbonyl (C=O) groups excluding carboxylic acids is 1. The van der Waals surface area contributed by atoms with E-state index in [2.05, 4.69) is 22.1 Å². The van der Waals surface area contributed by atoms with Crippen molar-refractivity contribution >= 4 is 16.9 Å². The molecule has 0 bridgehead atoms. The van der Waals surface area contributed by atoms with E-state index >= 15 is 0 Å². The summed E-state index contributed by atoms with van der Waals surface area (Å²) >= 11 is 0. The lowest BCUT2D eigenvalue weighted by molar-refractivity contribution is -0.135. The van der Waals surface area contributed by atoms with E-state index in [0.717, 1.165) is 37.0 Å². The lowest BCUT2D eigenvalue weighted by Crippen LogP contribution is -2.41. The first kappa shape index (κ1) is 13.2. The third kappa shape index (κ3) is 2.42. The van der Waals surface area contributed by atoms with Crippen molar-refractivity contribution in [2.75, 3.05) is 13.1 Å². The third-order valence-corrected chi connectivity index (χ3v) is 4.08. The molecule has 1 aliphatic rings. The quantitative estimate of drug-likeness (QED) is 0.913. The number of H-pyrrole nitrogens is 1. The highest BCUT2D eigenvalue weighted by Crippen LogP contribution is 2.28. The number of aromatic amines is 1. The Kier molecular flexibility index (Phi) is 3.47. The molecule has 0 unspecified atom stereocenters. The van der Waals surface area contributed by atoms with Crippen LogP contribution in [0, 0.1) is 5.92 Å². The molecule has 20 heavy (non-hydrogen) atoms. The van der Waals surface area contributed by atoms with Crippen LogP contribution in [0.1, 0.15) is 38.3 Å². The molecule has 0 spiro atoms.